The molecule has 0 unspecified atom stereocenters. The molecule has 0 spiro atoms. The van der Waals surface area contributed by atoms with Crippen molar-refractivity contribution in [1.82, 2.24) is 5.32 Å². The maximum Gasteiger partial charge on any atom is 0.339 e. The van der Waals surface area contributed by atoms with E-state index in [1.807, 2.05) is 19.2 Å². The minimum absolute atomic E-state index is 0.0826. The van der Waals surface area contributed by atoms with Crippen molar-refractivity contribution in [3.05, 3.63) is 35.4 Å². The van der Waals surface area contributed by atoms with Crippen molar-refractivity contribution >= 4 is 12.0 Å². The predicted octanol–water partition coefficient (Wildman–Crippen LogP) is 1.32. The van der Waals surface area contributed by atoms with Gasteiger partial charge in [0.15, 0.2) is 0 Å². The molecule has 0 amide bonds. The van der Waals surface area contributed by atoms with Crippen molar-refractivity contribution in [2.75, 3.05) is 13.6 Å². The van der Waals surface area contributed by atoms with E-state index in [0.717, 1.165) is 12.1 Å². The molecule has 4 heteroatoms. The van der Waals surface area contributed by atoms with E-state index >= 15 is 0 Å². The zero-order valence-corrected chi connectivity index (χ0v) is 8.40. The van der Waals surface area contributed by atoms with Crippen LogP contribution in [0.1, 0.15) is 15.9 Å². The Morgan fingerprint density at radius 1 is 1.53 bits per heavy atom. The van der Waals surface area contributed by atoms with Crippen LogP contribution in [0.4, 0.5) is 0 Å². The van der Waals surface area contributed by atoms with Gasteiger partial charge in [-0.05, 0) is 24.7 Å². The van der Waals surface area contributed by atoms with Crippen molar-refractivity contribution in [1.29, 1.82) is 0 Å². The second-order valence-electron chi connectivity index (χ2n) is 3.04. The summed E-state index contributed by atoms with van der Waals surface area (Å²) >= 11 is 0. The molecule has 0 fully saturated rings. The first-order chi connectivity index (χ1) is 7.15. The summed E-state index contributed by atoms with van der Waals surface area (Å²) in [7, 11) is 1.83. The zero-order chi connectivity index (χ0) is 11.3. The van der Waals surface area contributed by atoms with Gasteiger partial charge in [-0.25, -0.2) is 4.79 Å². The molecule has 0 atom stereocenters. The summed E-state index contributed by atoms with van der Waals surface area (Å²) in [6, 6.07) is 4.46. The van der Waals surface area contributed by atoms with Crippen LogP contribution in [0.3, 0.4) is 0 Å². The topological polar surface area (TPSA) is 69.6 Å². The Hall–Kier alpha value is -1.81. The summed E-state index contributed by atoms with van der Waals surface area (Å²) < 4.78 is 0. The zero-order valence-electron chi connectivity index (χ0n) is 8.40. The lowest BCUT2D eigenvalue weighted by Gasteiger charge is -2.00. The van der Waals surface area contributed by atoms with Gasteiger partial charge in [0.25, 0.3) is 0 Å². The number of aromatic hydroxyl groups is 1. The second-order valence-corrected chi connectivity index (χ2v) is 3.04. The summed E-state index contributed by atoms with van der Waals surface area (Å²) in [5.41, 5.74) is 0.688. The van der Waals surface area contributed by atoms with Crippen LogP contribution in [0.25, 0.3) is 6.08 Å². The number of nitrogens with one attached hydrogen (secondary N) is 1. The normalized spacial score (nSPS) is 10.7. The molecule has 80 valence electrons. The van der Waals surface area contributed by atoms with Gasteiger partial charge in [0.05, 0.1) is 0 Å². The molecule has 3 N–H and O–H groups in total. The first-order valence-electron chi connectivity index (χ1n) is 4.52. The Morgan fingerprint density at radius 3 is 2.80 bits per heavy atom. The molecule has 0 aliphatic carbocycles. The third-order valence-electron chi connectivity index (χ3n) is 1.88. The molecule has 0 bridgehead atoms. The fourth-order valence-electron chi connectivity index (χ4n) is 1.15. The lowest BCUT2D eigenvalue weighted by Crippen LogP contribution is -2.03. The van der Waals surface area contributed by atoms with Crippen molar-refractivity contribution in [2.24, 2.45) is 0 Å². The van der Waals surface area contributed by atoms with Crippen LogP contribution in [0.2, 0.25) is 0 Å². The van der Waals surface area contributed by atoms with Gasteiger partial charge in [0.2, 0.25) is 0 Å². The summed E-state index contributed by atoms with van der Waals surface area (Å²) in [6.45, 7) is 0.724. The number of likely N-dealkylation sites (N-methyl/N-ethyl adjacent to an activating group) is 1. The Bertz CT molecular complexity index is 385. The maximum atomic E-state index is 10.6. The number of hydrogen-bond acceptors (Lipinski definition) is 3. The molecule has 0 saturated carbocycles. The highest BCUT2D eigenvalue weighted by Gasteiger charge is 2.08. The summed E-state index contributed by atoms with van der Waals surface area (Å²) in [5.74, 6) is -1.34. The number of carboxylic acids is 1. The van der Waals surface area contributed by atoms with E-state index in [4.69, 9.17) is 5.11 Å². The maximum absolute atomic E-state index is 10.6. The molecular weight excluding hydrogens is 194 g/mol. The van der Waals surface area contributed by atoms with Crippen molar-refractivity contribution in [2.45, 2.75) is 0 Å². The van der Waals surface area contributed by atoms with E-state index in [2.05, 4.69) is 5.32 Å². The highest BCUT2D eigenvalue weighted by Crippen LogP contribution is 2.19. The second kappa shape index (κ2) is 5.17. The third kappa shape index (κ3) is 3.11. The van der Waals surface area contributed by atoms with Crippen molar-refractivity contribution in [3.8, 4) is 5.75 Å². The number of rotatable bonds is 4. The molecule has 4 nitrogen and oxygen atoms in total. The number of hydrogen-bond donors (Lipinski definition) is 3. The van der Waals surface area contributed by atoms with Crippen LogP contribution in [-0.2, 0) is 0 Å². The SMILES string of the molecule is CNCC=Cc1ccc(C(=O)O)c(O)c1. The third-order valence-corrected chi connectivity index (χ3v) is 1.88. The molecule has 1 rings (SSSR count). The van der Waals surface area contributed by atoms with Gasteiger partial charge in [0.1, 0.15) is 11.3 Å². The lowest BCUT2D eigenvalue weighted by atomic mass is 10.1. The van der Waals surface area contributed by atoms with E-state index in [0.29, 0.717) is 0 Å². The van der Waals surface area contributed by atoms with E-state index in [1.165, 1.54) is 12.1 Å². The highest BCUT2D eigenvalue weighted by atomic mass is 16.4. The number of benzene rings is 1. The van der Waals surface area contributed by atoms with Crippen molar-refractivity contribution in [3.63, 3.8) is 0 Å². The average Bonchev–Trinajstić information content (AvgIpc) is 2.17. The smallest absolute Gasteiger partial charge is 0.339 e. The molecular formula is C11H13NO3. The molecule has 0 aliphatic heterocycles. The van der Waals surface area contributed by atoms with Gasteiger partial charge >= 0.3 is 5.97 Å². The van der Waals surface area contributed by atoms with E-state index in [1.54, 1.807) is 6.07 Å². The van der Waals surface area contributed by atoms with Crippen LogP contribution in [0.5, 0.6) is 5.75 Å². The Labute approximate surface area is 87.9 Å². The quantitative estimate of drug-likeness (QED) is 0.696. The monoisotopic (exact) mass is 207 g/mol. The van der Waals surface area contributed by atoms with Gasteiger partial charge in [0, 0.05) is 6.54 Å². The van der Waals surface area contributed by atoms with Gasteiger partial charge in [-0.2, -0.15) is 0 Å². The molecule has 0 saturated heterocycles. The summed E-state index contributed by atoms with van der Waals surface area (Å²) in [6.07, 6.45) is 3.69. The summed E-state index contributed by atoms with van der Waals surface area (Å²) in [5, 5.41) is 21.0. The lowest BCUT2D eigenvalue weighted by molar-refractivity contribution is 0.0694. The standard InChI is InChI=1S/C11H13NO3/c1-12-6-2-3-8-4-5-9(11(14)15)10(13)7-8/h2-5,7,12-13H,6H2,1H3,(H,14,15). The molecule has 15 heavy (non-hydrogen) atoms. The Morgan fingerprint density at radius 2 is 2.27 bits per heavy atom. The minimum atomic E-state index is -1.13. The van der Waals surface area contributed by atoms with E-state index < -0.39 is 5.97 Å². The summed E-state index contributed by atoms with van der Waals surface area (Å²) in [4.78, 5) is 10.6. The van der Waals surface area contributed by atoms with Gasteiger partial charge in [-0.1, -0.05) is 18.2 Å². The molecule has 0 aromatic heterocycles. The average molecular weight is 207 g/mol. The fourth-order valence-corrected chi connectivity index (χ4v) is 1.15. The van der Waals surface area contributed by atoms with Crippen LogP contribution < -0.4 is 5.32 Å². The first kappa shape index (κ1) is 11.3. The molecule has 1 aromatic carbocycles. The molecule has 0 aliphatic rings. The first-order valence-corrected chi connectivity index (χ1v) is 4.52. The Balaban J connectivity index is 2.87. The van der Waals surface area contributed by atoms with Crippen LogP contribution >= 0.6 is 0 Å². The number of phenols is 1. The molecule has 0 radical (unpaired) electrons. The number of carbonyl (C=O) groups is 1. The van der Waals surface area contributed by atoms with Crippen LogP contribution in [0.15, 0.2) is 24.3 Å². The number of aromatic carboxylic acids is 1. The van der Waals surface area contributed by atoms with E-state index in [9.17, 15) is 9.90 Å². The van der Waals surface area contributed by atoms with Gasteiger partial charge < -0.3 is 15.5 Å². The highest BCUT2D eigenvalue weighted by molar-refractivity contribution is 5.91. The fraction of sp³-hybridized carbons (Fsp3) is 0.182. The van der Waals surface area contributed by atoms with Crippen LogP contribution in [0, 0.1) is 0 Å². The van der Waals surface area contributed by atoms with Crippen LogP contribution in [-0.4, -0.2) is 29.8 Å². The van der Waals surface area contributed by atoms with E-state index in [-0.39, 0.29) is 11.3 Å². The minimum Gasteiger partial charge on any atom is -0.507 e. The molecule has 0 heterocycles. The largest absolute Gasteiger partial charge is 0.507 e. The Kier molecular flexibility index (Phi) is 3.88. The predicted molar refractivity (Wildman–Crippen MR) is 58.0 cm³/mol. The molecule has 1 aromatic rings. The number of carboxylic acid groups (broad SMARTS) is 1. The van der Waals surface area contributed by atoms with Gasteiger partial charge in [-0.15, -0.1) is 0 Å². The van der Waals surface area contributed by atoms with Crippen molar-refractivity contribution < 1.29 is 15.0 Å². The van der Waals surface area contributed by atoms with Gasteiger partial charge in [-0.3, -0.25) is 0 Å².